The molecule has 2 aromatic rings. The molecule has 1 aliphatic carbocycles. The first-order valence-corrected chi connectivity index (χ1v) is 8.97. The number of aryl methyl sites for hydroxylation is 1. The van der Waals surface area contributed by atoms with Crippen molar-refractivity contribution in [3.05, 3.63) is 29.5 Å². The fourth-order valence-electron chi connectivity index (χ4n) is 3.94. The first kappa shape index (κ1) is 15.0. The van der Waals surface area contributed by atoms with E-state index in [2.05, 4.69) is 40.3 Å². The highest BCUT2D eigenvalue weighted by molar-refractivity contribution is 5.92. The van der Waals surface area contributed by atoms with Crippen LogP contribution >= 0.6 is 0 Å². The molecular weight excluding hydrogens is 286 g/mol. The van der Waals surface area contributed by atoms with Crippen LogP contribution in [0.2, 0.25) is 0 Å². The van der Waals surface area contributed by atoms with Crippen LogP contribution in [0.25, 0.3) is 10.9 Å². The molecule has 1 aromatic heterocycles. The Labute approximate surface area is 138 Å². The topological polar surface area (TPSA) is 40.3 Å². The van der Waals surface area contributed by atoms with Gasteiger partial charge in [0.25, 0.3) is 0 Å². The van der Waals surface area contributed by atoms with E-state index in [1.165, 1.54) is 53.5 Å². The zero-order valence-electron chi connectivity index (χ0n) is 14.0. The summed E-state index contributed by atoms with van der Waals surface area (Å²) in [6.07, 6.45) is 5.33. The Morgan fingerprint density at radius 2 is 1.96 bits per heavy atom. The summed E-state index contributed by atoms with van der Waals surface area (Å²) in [6.45, 7) is 6.94. The quantitative estimate of drug-likeness (QED) is 0.905. The van der Waals surface area contributed by atoms with Crippen molar-refractivity contribution in [1.82, 2.24) is 9.88 Å². The van der Waals surface area contributed by atoms with E-state index in [-0.39, 0.29) is 0 Å². The van der Waals surface area contributed by atoms with Crippen LogP contribution in [-0.2, 0) is 11.3 Å². The zero-order chi connectivity index (χ0) is 15.6. The van der Waals surface area contributed by atoms with E-state index in [1.54, 1.807) is 0 Å². The Kier molecular flexibility index (Phi) is 4.27. The second kappa shape index (κ2) is 6.54. The second-order valence-electron chi connectivity index (χ2n) is 7.09. The molecular formula is C19H27N3O. The minimum Gasteiger partial charge on any atom is -0.381 e. The number of anilines is 1. The lowest BCUT2D eigenvalue weighted by Gasteiger charge is -2.25. The first-order chi connectivity index (χ1) is 11.3. The number of nitrogens with zero attached hydrogens (tertiary/aromatic N) is 1. The van der Waals surface area contributed by atoms with Crippen molar-refractivity contribution in [1.29, 1.82) is 0 Å². The van der Waals surface area contributed by atoms with Crippen LogP contribution in [-0.4, -0.2) is 42.2 Å². The van der Waals surface area contributed by atoms with Gasteiger partial charge in [-0.25, -0.2) is 0 Å². The molecule has 1 saturated carbocycles. The van der Waals surface area contributed by atoms with E-state index in [4.69, 9.17) is 4.74 Å². The van der Waals surface area contributed by atoms with Crippen LogP contribution in [0, 0.1) is 6.92 Å². The predicted octanol–water partition coefficient (Wildman–Crippen LogP) is 3.66. The van der Waals surface area contributed by atoms with E-state index in [1.807, 2.05) is 0 Å². The van der Waals surface area contributed by atoms with Crippen molar-refractivity contribution in [2.24, 2.45) is 0 Å². The lowest BCUT2D eigenvalue weighted by molar-refractivity contribution is 0.0337. The van der Waals surface area contributed by atoms with Crippen molar-refractivity contribution in [2.75, 3.05) is 31.6 Å². The van der Waals surface area contributed by atoms with Crippen LogP contribution in [0.4, 0.5) is 5.69 Å². The number of ether oxygens (including phenoxy) is 1. The summed E-state index contributed by atoms with van der Waals surface area (Å²) in [6, 6.07) is 7.54. The molecule has 0 atom stereocenters. The third-order valence-corrected chi connectivity index (χ3v) is 5.14. The smallest absolute Gasteiger partial charge is 0.0692 e. The summed E-state index contributed by atoms with van der Waals surface area (Å²) >= 11 is 0. The van der Waals surface area contributed by atoms with E-state index in [9.17, 15) is 0 Å². The predicted molar refractivity (Wildman–Crippen MR) is 95.0 cm³/mol. The number of hydrogen-bond donors (Lipinski definition) is 2. The molecule has 23 heavy (non-hydrogen) atoms. The average molecular weight is 313 g/mol. The number of rotatable bonds is 4. The Bertz CT molecular complexity index is 667. The number of aromatic nitrogens is 1. The SMILES string of the molecule is Cc1cc(NC2CCCC2)c2[nH]c(CN3CCOCC3)cc2c1. The van der Waals surface area contributed by atoms with Crippen LogP contribution in [0.1, 0.15) is 36.9 Å². The largest absolute Gasteiger partial charge is 0.381 e. The van der Waals surface area contributed by atoms with Gasteiger partial charge in [0.15, 0.2) is 0 Å². The third-order valence-electron chi connectivity index (χ3n) is 5.14. The molecule has 2 fully saturated rings. The van der Waals surface area contributed by atoms with Crippen molar-refractivity contribution < 1.29 is 4.74 Å². The molecule has 124 valence electrons. The molecule has 4 rings (SSSR count). The molecule has 0 amide bonds. The van der Waals surface area contributed by atoms with Gasteiger partial charge >= 0.3 is 0 Å². The van der Waals surface area contributed by atoms with Gasteiger partial charge < -0.3 is 15.0 Å². The number of morpholine rings is 1. The summed E-state index contributed by atoms with van der Waals surface area (Å²) < 4.78 is 5.44. The monoisotopic (exact) mass is 313 g/mol. The maximum absolute atomic E-state index is 5.44. The van der Waals surface area contributed by atoms with Gasteiger partial charge in [-0.15, -0.1) is 0 Å². The van der Waals surface area contributed by atoms with Gasteiger partial charge in [-0.3, -0.25) is 4.90 Å². The van der Waals surface area contributed by atoms with Gasteiger partial charge in [-0.1, -0.05) is 12.8 Å². The Morgan fingerprint density at radius 1 is 1.17 bits per heavy atom. The summed E-state index contributed by atoms with van der Waals surface area (Å²) in [5.41, 5.74) is 5.18. The number of nitrogens with one attached hydrogen (secondary N) is 2. The molecule has 0 unspecified atom stereocenters. The minimum absolute atomic E-state index is 0.644. The average Bonchev–Trinajstić information content (AvgIpc) is 3.17. The molecule has 0 radical (unpaired) electrons. The van der Waals surface area contributed by atoms with Gasteiger partial charge in [-0.2, -0.15) is 0 Å². The van der Waals surface area contributed by atoms with Gasteiger partial charge in [0.1, 0.15) is 0 Å². The molecule has 1 aliphatic heterocycles. The molecule has 0 bridgehead atoms. The second-order valence-corrected chi connectivity index (χ2v) is 7.09. The first-order valence-electron chi connectivity index (χ1n) is 8.97. The molecule has 4 nitrogen and oxygen atoms in total. The van der Waals surface area contributed by atoms with Crippen LogP contribution < -0.4 is 5.32 Å². The zero-order valence-corrected chi connectivity index (χ0v) is 14.0. The summed E-state index contributed by atoms with van der Waals surface area (Å²) in [7, 11) is 0. The van der Waals surface area contributed by atoms with Crippen molar-refractivity contribution >= 4 is 16.6 Å². The third kappa shape index (κ3) is 3.38. The number of benzene rings is 1. The Hall–Kier alpha value is -1.52. The maximum atomic E-state index is 5.44. The maximum Gasteiger partial charge on any atom is 0.0692 e. The molecule has 2 aliphatic rings. The highest BCUT2D eigenvalue weighted by atomic mass is 16.5. The highest BCUT2D eigenvalue weighted by Gasteiger charge is 2.17. The number of hydrogen-bond acceptors (Lipinski definition) is 3. The van der Waals surface area contributed by atoms with Crippen molar-refractivity contribution in [3.63, 3.8) is 0 Å². The molecule has 4 heteroatoms. The summed E-state index contributed by atoms with van der Waals surface area (Å²) in [5, 5.41) is 5.10. The van der Waals surface area contributed by atoms with Gasteiger partial charge in [0, 0.05) is 36.8 Å². The molecule has 2 heterocycles. The fraction of sp³-hybridized carbons (Fsp3) is 0.579. The lowest BCUT2D eigenvalue weighted by atomic mass is 10.1. The number of fused-ring (bicyclic) bond motifs is 1. The standard InChI is InChI=1S/C19H27N3O/c1-14-10-15-12-17(13-22-6-8-23-9-7-22)21-19(15)18(11-14)20-16-4-2-3-5-16/h10-12,16,20-21H,2-9,13H2,1H3. The number of H-pyrrole nitrogens is 1. The lowest BCUT2D eigenvalue weighted by Crippen LogP contribution is -2.35. The Balaban J connectivity index is 1.58. The van der Waals surface area contributed by atoms with E-state index < -0.39 is 0 Å². The van der Waals surface area contributed by atoms with E-state index in [0.717, 1.165) is 32.8 Å². The van der Waals surface area contributed by atoms with Crippen LogP contribution in [0.5, 0.6) is 0 Å². The van der Waals surface area contributed by atoms with E-state index in [0.29, 0.717) is 6.04 Å². The fourth-order valence-corrected chi connectivity index (χ4v) is 3.94. The van der Waals surface area contributed by atoms with Crippen LogP contribution in [0.15, 0.2) is 18.2 Å². The Morgan fingerprint density at radius 3 is 2.74 bits per heavy atom. The normalized spacial score (nSPS) is 20.4. The number of aromatic amines is 1. The molecule has 1 aromatic carbocycles. The minimum atomic E-state index is 0.644. The van der Waals surface area contributed by atoms with Gasteiger partial charge in [0.2, 0.25) is 0 Å². The van der Waals surface area contributed by atoms with Gasteiger partial charge in [-0.05, 0) is 43.5 Å². The van der Waals surface area contributed by atoms with Crippen molar-refractivity contribution in [3.8, 4) is 0 Å². The molecule has 0 spiro atoms. The van der Waals surface area contributed by atoms with Crippen molar-refractivity contribution in [2.45, 2.75) is 45.2 Å². The van der Waals surface area contributed by atoms with E-state index >= 15 is 0 Å². The summed E-state index contributed by atoms with van der Waals surface area (Å²) in [4.78, 5) is 6.13. The highest BCUT2D eigenvalue weighted by Crippen LogP contribution is 2.30. The molecule has 2 N–H and O–H groups in total. The summed E-state index contributed by atoms with van der Waals surface area (Å²) in [5.74, 6) is 0. The van der Waals surface area contributed by atoms with Crippen LogP contribution in [0.3, 0.4) is 0 Å². The van der Waals surface area contributed by atoms with Gasteiger partial charge in [0.05, 0.1) is 24.4 Å². The molecule has 1 saturated heterocycles.